The van der Waals surface area contributed by atoms with E-state index < -0.39 is 0 Å². The molecule has 0 amide bonds. The van der Waals surface area contributed by atoms with E-state index in [1.807, 2.05) is 31.2 Å². The Morgan fingerprint density at radius 1 is 1.24 bits per heavy atom. The van der Waals surface area contributed by atoms with Gasteiger partial charge in [0.15, 0.2) is 0 Å². The Balaban J connectivity index is 2.28. The van der Waals surface area contributed by atoms with Gasteiger partial charge in [0.2, 0.25) is 0 Å². The molecule has 0 saturated carbocycles. The van der Waals surface area contributed by atoms with Gasteiger partial charge in [-0.2, -0.15) is 4.37 Å². The predicted molar refractivity (Wildman–Crippen MR) is 68.2 cm³/mol. The summed E-state index contributed by atoms with van der Waals surface area (Å²) in [5.74, 6) is 0. The number of nitrogens with zero attached hydrogens (tertiary/aromatic N) is 2. The normalized spacial score (nSPS) is 10.9. The molecule has 3 aromatic rings. The van der Waals surface area contributed by atoms with E-state index in [4.69, 9.17) is 0 Å². The second kappa shape index (κ2) is 3.78. The van der Waals surface area contributed by atoms with E-state index in [9.17, 15) is 4.79 Å². The van der Waals surface area contributed by atoms with Gasteiger partial charge in [0.05, 0.1) is 6.33 Å². The van der Waals surface area contributed by atoms with Crippen molar-refractivity contribution in [3.63, 3.8) is 0 Å². The first-order chi connectivity index (χ1) is 8.25. The highest BCUT2D eigenvalue weighted by atomic mass is 32.1. The van der Waals surface area contributed by atoms with Crippen molar-refractivity contribution >= 4 is 21.7 Å². The summed E-state index contributed by atoms with van der Waals surface area (Å²) in [5.41, 5.74) is 3.49. The Bertz CT molecular complexity index is 727. The minimum Gasteiger partial charge on any atom is -0.312 e. The molecule has 0 atom stereocenters. The third kappa shape index (κ3) is 1.64. The Morgan fingerprint density at radius 3 is 2.76 bits per heavy atom. The smallest absolute Gasteiger partial charge is 0.270 e. The number of hydrogen-bond donors (Lipinski definition) is 1. The van der Waals surface area contributed by atoms with Crippen LogP contribution >= 0.6 is 11.5 Å². The van der Waals surface area contributed by atoms with E-state index in [1.54, 1.807) is 0 Å². The van der Waals surface area contributed by atoms with Crippen LogP contribution in [-0.2, 0) is 0 Å². The highest BCUT2D eigenvalue weighted by Gasteiger charge is 2.11. The monoisotopic (exact) mass is 243 g/mol. The Labute approximate surface area is 101 Å². The van der Waals surface area contributed by atoms with Gasteiger partial charge in [-0.05, 0) is 18.5 Å². The zero-order valence-electron chi connectivity index (χ0n) is 9.10. The van der Waals surface area contributed by atoms with Crippen LogP contribution in [0.4, 0.5) is 0 Å². The standard InChI is InChI=1S/C12H9N3OS/c1-7-2-4-8(5-3-7)9-10-11(17-15-9)12(16)14-6-13-10/h2-6H,1H3,(H,13,14,16). The number of aryl methyl sites for hydroxylation is 1. The molecule has 84 valence electrons. The average Bonchev–Trinajstić information content (AvgIpc) is 2.75. The summed E-state index contributed by atoms with van der Waals surface area (Å²) in [4.78, 5) is 18.3. The van der Waals surface area contributed by atoms with E-state index in [-0.39, 0.29) is 5.56 Å². The summed E-state index contributed by atoms with van der Waals surface area (Å²) in [6.07, 6.45) is 1.41. The Kier molecular flexibility index (Phi) is 2.26. The van der Waals surface area contributed by atoms with Crippen LogP contribution in [0.3, 0.4) is 0 Å². The van der Waals surface area contributed by atoms with Crippen molar-refractivity contribution in [3.05, 3.63) is 46.5 Å². The number of H-pyrrole nitrogens is 1. The molecule has 2 heterocycles. The van der Waals surface area contributed by atoms with Crippen LogP contribution in [0.1, 0.15) is 5.56 Å². The summed E-state index contributed by atoms with van der Waals surface area (Å²) < 4.78 is 4.89. The molecule has 0 aliphatic carbocycles. The SMILES string of the molecule is Cc1ccc(-c2nsc3c(=O)[nH]cnc23)cc1. The lowest BCUT2D eigenvalue weighted by Crippen LogP contribution is -2.03. The lowest BCUT2D eigenvalue weighted by atomic mass is 10.1. The Morgan fingerprint density at radius 2 is 2.00 bits per heavy atom. The predicted octanol–water partition coefficient (Wildman–Crippen LogP) is 2.36. The molecule has 2 aromatic heterocycles. The van der Waals surface area contributed by atoms with Gasteiger partial charge in [0.25, 0.3) is 5.56 Å². The van der Waals surface area contributed by atoms with Crippen molar-refractivity contribution in [1.82, 2.24) is 14.3 Å². The molecule has 0 aliphatic heterocycles. The molecule has 0 radical (unpaired) electrons. The van der Waals surface area contributed by atoms with Crippen LogP contribution in [0.25, 0.3) is 21.5 Å². The van der Waals surface area contributed by atoms with Crippen molar-refractivity contribution in [2.24, 2.45) is 0 Å². The fraction of sp³-hybridized carbons (Fsp3) is 0.0833. The van der Waals surface area contributed by atoms with Gasteiger partial charge >= 0.3 is 0 Å². The average molecular weight is 243 g/mol. The van der Waals surface area contributed by atoms with Crippen LogP contribution < -0.4 is 5.56 Å². The summed E-state index contributed by atoms with van der Waals surface area (Å²) in [7, 11) is 0. The van der Waals surface area contributed by atoms with E-state index in [0.717, 1.165) is 11.3 Å². The van der Waals surface area contributed by atoms with Crippen LogP contribution in [0.2, 0.25) is 0 Å². The highest BCUT2D eigenvalue weighted by Crippen LogP contribution is 2.26. The minimum absolute atomic E-state index is 0.133. The highest BCUT2D eigenvalue weighted by molar-refractivity contribution is 7.13. The lowest BCUT2D eigenvalue weighted by Gasteiger charge is -1.97. The maximum Gasteiger partial charge on any atom is 0.270 e. The minimum atomic E-state index is -0.133. The first kappa shape index (κ1) is 10.2. The zero-order valence-corrected chi connectivity index (χ0v) is 9.91. The van der Waals surface area contributed by atoms with E-state index in [1.165, 1.54) is 23.4 Å². The quantitative estimate of drug-likeness (QED) is 0.713. The number of benzene rings is 1. The fourth-order valence-corrected chi connectivity index (χ4v) is 2.43. The Hall–Kier alpha value is -2.01. The van der Waals surface area contributed by atoms with Gasteiger partial charge in [0, 0.05) is 5.56 Å². The van der Waals surface area contributed by atoms with E-state index in [2.05, 4.69) is 14.3 Å². The number of fused-ring (bicyclic) bond motifs is 1. The fourth-order valence-electron chi connectivity index (χ4n) is 1.68. The lowest BCUT2D eigenvalue weighted by molar-refractivity contribution is 1.18. The molecule has 0 aliphatic rings. The summed E-state index contributed by atoms with van der Waals surface area (Å²) >= 11 is 1.18. The molecule has 1 N–H and O–H groups in total. The van der Waals surface area contributed by atoms with Gasteiger partial charge in [-0.25, -0.2) is 4.98 Å². The molecule has 0 bridgehead atoms. The summed E-state index contributed by atoms with van der Waals surface area (Å²) in [6.45, 7) is 2.03. The van der Waals surface area contributed by atoms with Crippen molar-refractivity contribution in [2.75, 3.05) is 0 Å². The topological polar surface area (TPSA) is 58.6 Å². The third-order valence-electron chi connectivity index (χ3n) is 2.59. The maximum absolute atomic E-state index is 11.6. The van der Waals surface area contributed by atoms with E-state index >= 15 is 0 Å². The third-order valence-corrected chi connectivity index (χ3v) is 3.42. The maximum atomic E-state index is 11.6. The summed E-state index contributed by atoms with van der Waals surface area (Å²) in [6, 6.07) is 8.03. The second-order valence-corrected chi connectivity index (χ2v) is 4.58. The van der Waals surface area contributed by atoms with Crippen LogP contribution in [0, 0.1) is 6.92 Å². The number of aromatic nitrogens is 3. The van der Waals surface area contributed by atoms with Gasteiger partial charge in [0.1, 0.15) is 15.9 Å². The molecule has 3 rings (SSSR count). The number of hydrogen-bond acceptors (Lipinski definition) is 4. The van der Waals surface area contributed by atoms with Crippen molar-refractivity contribution in [3.8, 4) is 11.3 Å². The zero-order chi connectivity index (χ0) is 11.8. The molecule has 17 heavy (non-hydrogen) atoms. The van der Waals surface area contributed by atoms with Crippen molar-refractivity contribution < 1.29 is 0 Å². The number of rotatable bonds is 1. The van der Waals surface area contributed by atoms with Crippen LogP contribution in [0.5, 0.6) is 0 Å². The van der Waals surface area contributed by atoms with Crippen LogP contribution in [-0.4, -0.2) is 14.3 Å². The second-order valence-electron chi connectivity index (χ2n) is 3.81. The first-order valence-electron chi connectivity index (χ1n) is 5.16. The molecule has 1 aromatic carbocycles. The van der Waals surface area contributed by atoms with Gasteiger partial charge < -0.3 is 4.98 Å². The molecular formula is C12H9N3OS. The van der Waals surface area contributed by atoms with Gasteiger partial charge in [-0.15, -0.1) is 0 Å². The largest absolute Gasteiger partial charge is 0.312 e. The summed E-state index contributed by atoms with van der Waals surface area (Å²) in [5, 5.41) is 0. The molecule has 0 unspecified atom stereocenters. The first-order valence-corrected chi connectivity index (χ1v) is 5.93. The molecule has 0 fully saturated rings. The van der Waals surface area contributed by atoms with Crippen molar-refractivity contribution in [2.45, 2.75) is 6.92 Å². The number of aromatic amines is 1. The van der Waals surface area contributed by atoms with E-state index in [0.29, 0.717) is 10.2 Å². The van der Waals surface area contributed by atoms with Gasteiger partial charge in [-0.3, -0.25) is 4.79 Å². The molecular weight excluding hydrogens is 234 g/mol. The molecule has 0 saturated heterocycles. The molecule has 4 nitrogen and oxygen atoms in total. The number of nitrogens with one attached hydrogen (secondary N) is 1. The molecule has 5 heteroatoms. The van der Waals surface area contributed by atoms with Crippen molar-refractivity contribution in [1.29, 1.82) is 0 Å². The molecule has 0 spiro atoms. The van der Waals surface area contributed by atoms with Crippen LogP contribution in [0.15, 0.2) is 35.4 Å². The van der Waals surface area contributed by atoms with Gasteiger partial charge in [-0.1, -0.05) is 29.8 Å².